The lowest BCUT2D eigenvalue weighted by Crippen LogP contribution is -2.32. The molecule has 0 spiro atoms. The van der Waals surface area contributed by atoms with Crippen LogP contribution in [-0.2, 0) is 14.9 Å². The Morgan fingerprint density at radius 2 is 1.91 bits per heavy atom. The monoisotopic (exact) mass is 346 g/mol. The van der Waals surface area contributed by atoms with Crippen LogP contribution in [0.25, 0.3) is 0 Å². The fourth-order valence-electron chi connectivity index (χ4n) is 1.75. The minimum atomic E-state index is -4.03. The number of carboxylic acids is 2. The van der Waals surface area contributed by atoms with Crippen molar-refractivity contribution in [2.75, 3.05) is 24.5 Å². The maximum Gasteiger partial charge on any atom is 0.338 e. The van der Waals surface area contributed by atoms with Gasteiger partial charge >= 0.3 is 11.9 Å². The summed E-state index contributed by atoms with van der Waals surface area (Å²) < 4.78 is 33.1. The van der Waals surface area contributed by atoms with Gasteiger partial charge in [-0.15, -0.1) is 0 Å². The van der Waals surface area contributed by atoms with Crippen LogP contribution in [0.5, 0.6) is 0 Å². The summed E-state index contributed by atoms with van der Waals surface area (Å²) in [4.78, 5) is 22.3. The molecule has 0 amide bonds. The molecule has 1 rings (SSSR count). The maximum atomic E-state index is 11.9. The molecule has 23 heavy (non-hydrogen) atoms. The molecule has 0 heterocycles. The van der Waals surface area contributed by atoms with Crippen LogP contribution in [0, 0.1) is 0 Å². The lowest BCUT2D eigenvalue weighted by atomic mass is 10.1. The summed E-state index contributed by atoms with van der Waals surface area (Å²) in [6.45, 7) is 2.81. The first-order chi connectivity index (χ1) is 10.8. The predicted octanol–water partition coefficient (Wildman–Crippen LogP) is 0.756. The highest BCUT2D eigenvalue weighted by atomic mass is 32.2. The summed E-state index contributed by atoms with van der Waals surface area (Å²) >= 11 is 0. The van der Waals surface area contributed by atoms with E-state index in [2.05, 4.69) is 4.72 Å². The Labute approximate surface area is 133 Å². The van der Waals surface area contributed by atoms with Crippen molar-refractivity contribution in [3.8, 4) is 0 Å². The topological polar surface area (TPSA) is 142 Å². The normalized spacial score (nSPS) is 11.2. The third kappa shape index (κ3) is 5.85. The second-order valence-electron chi connectivity index (χ2n) is 4.39. The van der Waals surface area contributed by atoms with Crippen molar-refractivity contribution in [1.29, 1.82) is 0 Å². The fraction of sp³-hybridized carbons (Fsp3) is 0.385. The van der Waals surface area contributed by atoms with Crippen molar-refractivity contribution in [2.24, 2.45) is 0 Å². The van der Waals surface area contributed by atoms with Crippen LogP contribution in [0.1, 0.15) is 34.1 Å². The second kappa shape index (κ2) is 8.46. The molecule has 0 aromatic heterocycles. The molecule has 0 radical (unpaired) electrons. The molecule has 1 aromatic carbocycles. The quantitative estimate of drug-likeness (QED) is 0.458. The largest absolute Gasteiger partial charge is 0.478 e. The van der Waals surface area contributed by atoms with Gasteiger partial charge in [-0.3, -0.25) is 4.72 Å². The van der Waals surface area contributed by atoms with Crippen LogP contribution >= 0.6 is 0 Å². The first-order valence-corrected chi connectivity index (χ1v) is 8.21. The SMILES string of the molecule is CCOCCCNS(=O)(=O)Nc1cccc(C(=O)O)c1C(=O)O. The molecule has 0 bridgehead atoms. The number of nitrogens with one attached hydrogen (secondary N) is 2. The van der Waals surface area contributed by atoms with E-state index in [4.69, 9.17) is 14.9 Å². The number of rotatable bonds is 10. The summed E-state index contributed by atoms with van der Waals surface area (Å²) in [6.07, 6.45) is 0.440. The average Bonchev–Trinajstić information content (AvgIpc) is 2.45. The van der Waals surface area contributed by atoms with E-state index in [1.54, 1.807) is 0 Å². The van der Waals surface area contributed by atoms with Gasteiger partial charge in [0, 0.05) is 19.8 Å². The molecule has 128 valence electrons. The van der Waals surface area contributed by atoms with Gasteiger partial charge in [0.2, 0.25) is 0 Å². The zero-order chi connectivity index (χ0) is 17.5. The second-order valence-corrected chi connectivity index (χ2v) is 5.89. The van der Waals surface area contributed by atoms with E-state index in [9.17, 15) is 18.0 Å². The molecule has 10 heteroatoms. The van der Waals surface area contributed by atoms with Crippen molar-refractivity contribution in [3.63, 3.8) is 0 Å². The number of carboxylic acid groups (broad SMARTS) is 2. The number of hydrogen-bond acceptors (Lipinski definition) is 5. The van der Waals surface area contributed by atoms with E-state index in [0.717, 1.165) is 6.07 Å². The summed E-state index contributed by atoms with van der Waals surface area (Å²) in [5.41, 5.74) is -1.46. The highest BCUT2D eigenvalue weighted by Gasteiger charge is 2.22. The molecule has 0 atom stereocenters. The molecule has 0 aliphatic rings. The lowest BCUT2D eigenvalue weighted by Gasteiger charge is -2.12. The Hall–Kier alpha value is -2.17. The molecule has 0 fully saturated rings. The smallest absolute Gasteiger partial charge is 0.338 e. The van der Waals surface area contributed by atoms with Gasteiger partial charge in [0.25, 0.3) is 10.2 Å². The third-order valence-corrected chi connectivity index (χ3v) is 3.79. The maximum absolute atomic E-state index is 11.9. The number of hydrogen-bond donors (Lipinski definition) is 4. The highest BCUT2D eigenvalue weighted by molar-refractivity contribution is 7.90. The van der Waals surface area contributed by atoms with E-state index in [0.29, 0.717) is 19.6 Å². The molecule has 0 aliphatic heterocycles. The fourth-order valence-corrected chi connectivity index (χ4v) is 2.70. The van der Waals surface area contributed by atoms with Gasteiger partial charge in [-0.2, -0.15) is 13.1 Å². The predicted molar refractivity (Wildman–Crippen MR) is 82.0 cm³/mol. The first kappa shape index (κ1) is 18.9. The van der Waals surface area contributed by atoms with Crippen LogP contribution in [0.3, 0.4) is 0 Å². The molecule has 4 N–H and O–H groups in total. The summed E-state index contributed by atoms with van der Waals surface area (Å²) in [5, 5.41) is 18.1. The number of anilines is 1. The van der Waals surface area contributed by atoms with E-state index in [1.165, 1.54) is 12.1 Å². The standard InChI is InChI=1S/C13H18N2O7S/c1-2-22-8-4-7-14-23(20,21)15-10-6-3-5-9(12(16)17)11(10)13(18)19/h3,5-6,14-15H,2,4,7-8H2,1H3,(H,16,17)(H,18,19). The van der Waals surface area contributed by atoms with Crippen LogP contribution in [0.4, 0.5) is 5.69 Å². The summed E-state index contributed by atoms with van der Waals surface area (Å²) in [5.74, 6) is -3.01. The first-order valence-electron chi connectivity index (χ1n) is 6.73. The molecule has 0 aliphatic carbocycles. The van der Waals surface area contributed by atoms with Crippen LogP contribution < -0.4 is 9.44 Å². The van der Waals surface area contributed by atoms with E-state index >= 15 is 0 Å². The summed E-state index contributed by atoms with van der Waals surface area (Å²) in [7, 11) is -4.03. The Kier molecular flexibility index (Phi) is 6.94. The zero-order valence-corrected chi connectivity index (χ0v) is 13.2. The minimum Gasteiger partial charge on any atom is -0.478 e. The molecule has 9 nitrogen and oxygen atoms in total. The Balaban J connectivity index is 2.89. The van der Waals surface area contributed by atoms with Gasteiger partial charge in [0.05, 0.1) is 16.8 Å². The van der Waals surface area contributed by atoms with Crippen LogP contribution in [0.2, 0.25) is 0 Å². The third-order valence-electron chi connectivity index (χ3n) is 2.71. The highest BCUT2D eigenvalue weighted by Crippen LogP contribution is 2.21. The van der Waals surface area contributed by atoms with Crippen LogP contribution in [0.15, 0.2) is 18.2 Å². The minimum absolute atomic E-state index is 0.0936. The number of benzene rings is 1. The van der Waals surface area contributed by atoms with Crippen molar-refractivity contribution in [1.82, 2.24) is 4.72 Å². The van der Waals surface area contributed by atoms with Gasteiger partial charge in [0.1, 0.15) is 0 Å². The Morgan fingerprint density at radius 1 is 1.22 bits per heavy atom. The summed E-state index contributed by atoms with van der Waals surface area (Å²) in [6, 6.07) is 3.51. The Bertz CT molecular complexity index is 673. The number of carbonyl (C=O) groups is 2. The van der Waals surface area contributed by atoms with Gasteiger partial charge < -0.3 is 14.9 Å². The van der Waals surface area contributed by atoms with E-state index in [1.807, 2.05) is 11.6 Å². The van der Waals surface area contributed by atoms with Crippen molar-refractivity contribution in [3.05, 3.63) is 29.3 Å². The molecule has 1 aromatic rings. The van der Waals surface area contributed by atoms with Crippen molar-refractivity contribution in [2.45, 2.75) is 13.3 Å². The van der Waals surface area contributed by atoms with Gasteiger partial charge in [-0.1, -0.05) is 6.07 Å². The number of aromatic carboxylic acids is 2. The van der Waals surface area contributed by atoms with Crippen molar-refractivity contribution < 1.29 is 33.0 Å². The number of ether oxygens (including phenoxy) is 1. The van der Waals surface area contributed by atoms with Gasteiger partial charge in [-0.05, 0) is 25.5 Å². The molecule has 0 unspecified atom stereocenters. The van der Waals surface area contributed by atoms with Gasteiger partial charge in [-0.25, -0.2) is 9.59 Å². The zero-order valence-electron chi connectivity index (χ0n) is 12.4. The Morgan fingerprint density at radius 3 is 2.48 bits per heavy atom. The lowest BCUT2D eigenvalue weighted by molar-refractivity contribution is 0.0652. The molecular formula is C13H18N2O7S. The van der Waals surface area contributed by atoms with Crippen LogP contribution in [-0.4, -0.2) is 50.3 Å². The molecule has 0 saturated carbocycles. The molecule has 0 saturated heterocycles. The van der Waals surface area contributed by atoms with E-state index < -0.39 is 33.3 Å². The van der Waals surface area contributed by atoms with E-state index in [-0.39, 0.29) is 12.2 Å². The molecular weight excluding hydrogens is 328 g/mol. The average molecular weight is 346 g/mol. The van der Waals surface area contributed by atoms with Crippen molar-refractivity contribution >= 4 is 27.8 Å². The van der Waals surface area contributed by atoms with Gasteiger partial charge in [0.15, 0.2) is 0 Å².